The molecular weight excluding hydrogens is 344 g/mol. The Morgan fingerprint density at radius 3 is 2.72 bits per heavy atom. The number of benzene rings is 1. The van der Waals surface area contributed by atoms with Gasteiger partial charge in [-0.05, 0) is 49.7 Å². The van der Waals surface area contributed by atoms with Gasteiger partial charge < -0.3 is 9.47 Å². The van der Waals surface area contributed by atoms with Gasteiger partial charge in [0.25, 0.3) is 5.69 Å². The van der Waals surface area contributed by atoms with Gasteiger partial charge in [-0.15, -0.1) is 11.3 Å². The van der Waals surface area contributed by atoms with Crippen molar-refractivity contribution in [2.45, 2.75) is 38.7 Å². The lowest BCUT2D eigenvalue weighted by molar-refractivity contribution is -0.384. The minimum atomic E-state index is -0.847. The van der Waals surface area contributed by atoms with Crippen LogP contribution >= 0.6 is 11.3 Å². The first-order chi connectivity index (χ1) is 12.0. The van der Waals surface area contributed by atoms with E-state index in [0.717, 1.165) is 23.5 Å². The summed E-state index contributed by atoms with van der Waals surface area (Å²) in [5, 5.41) is 11.4. The molecule has 7 nitrogen and oxygen atoms in total. The number of aromatic nitrogens is 1. The molecule has 2 aliphatic carbocycles. The van der Waals surface area contributed by atoms with Gasteiger partial charge in [0.15, 0.2) is 0 Å². The highest BCUT2D eigenvalue weighted by molar-refractivity contribution is 7.11. The van der Waals surface area contributed by atoms with Gasteiger partial charge in [0.2, 0.25) is 0 Å². The van der Waals surface area contributed by atoms with Crippen LogP contribution in [0, 0.1) is 15.5 Å². The second-order valence-electron chi connectivity index (χ2n) is 6.55. The normalized spacial score (nSPS) is 17.0. The monoisotopic (exact) mass is 360 g/mol. The molecule has 0 aliphatic heterocycles. The quantitative estimate of drug-likeness (QED) is 0.354. The number of nitro benzene ring substituents is 1. The van der Waals surface area contributed by atoms with Crippen molar-refractivity contribution in [1.82, 2.24) is 4.98 Å². The van der Waals surface area contributed by atoms with Crippen molar-refractivity contribution in [1.29, 1.82) is 0 Å². The van der Waals surface area contributed by atoms with E-state index in [9.17, 15) is 14.9 Å². The largest absolute Gasteiger partial charge is 0.514 e. The molecule has 0 amide bonds. The average Bonchev–Trinajstić information content (AvgIpc) is 3.21. The predicted octanol–water partition coefficient (Wildman–Crippen LogP) is 4.04. The minimum Gasteiger partial charge on any atom is -0.427 e. The third kappa shape index (κ3) is 3.48. The summed E-state index contributed by atoms with van der Waals surface area (Å²) in [7, 11) is 0. The molecule has 0 bridgehead atoms. The molecular formula is C17H16N2O5S. The summed E-state index contributed by atoms with van der Waals surface area (Å²) in [5.74, 6) is 0.199. The van der Waals surface area contributed by atoms with Gasteiger partial charge in [-0.1, -0.05) is 0 Å². The van der Waals surface area contributed by atoms with E-state index >= 15 is 0 Å². The second kappa shape index (κ2) is 6.11. The molecule has 0 unspecified atom stereocenters. The number of nitro groups is 1. The number of aryl methyl sites for hydroxylation is 1. The van der Waals surface area contributed by atoms with E-state index < -0.39 is 11.1 Å². The van der Waals surface area contributed by atoms with E-state index in [4.69, 9.17) is 9.47 Å². The Morgan fingerprint density at radius 1 is 1.28 bits per heavy atom. The lowest BCUT2D eigenvalue weighted by atomic mass is 9.88. The molecule has 8 heteroatoms. The summed E-state index contributed by atoms with van der Waals surface area (Å²) in [5.41, 5.74) is 1.61. The zero-order valence-electron chi connectivity index (χ0n) is 13.4. The van der Waals surface area contributed by atoms with E-state index in [1.807, 2.05) is 0 Å². The fourth-order valence-electron chi connectivity index (χ4n) is 3.13. The van der Waals surface area contributed by atoms with Crippen molar-refractivity contribution < 1.29 is 19.2 Å². The fourth-order valence-corrected chi connectivity index (χ4v) is 4.33. The number of thiazole rings is 1. The van der Waals surface area contributed by atoms with E-state index in [2.05, 4.69) is 4.98 Å². The Balaban J connectivity index is 1.31. The number of fused-ring (bicyclic) bond motifs is 1. The van der Waals surface area contributed by atoms with Crippen LogP contribution in [0.2, 0.25) is 0 Å². The molecule has 130 valence electrons. The van der Waals surface area contributed by atoms with Crippen LogP contribution in [0.3, 0.4) is 0 Å². The molecule has 1 saturated carbocycles. The minimum absolute atomic E-state index is 0.0671. The summed E-state index contributed by atoms with van der Waals surface area (Å²) in [6, 6.07) is 5.25. The zero-order valence-corrected chi connectivity index (χ0v) is 14.2. The highest BCUT2D eigenvalue weighted by Gasteiger charge is 2.45. The van der Waals surface area contributed by atoms with Crippen LogP contribution in [0.1, 0.15) is 34.8 Å². The molecule has 25 heavy (non-hydrogen) atoms. The average molecular weight is 360 g/mol. The van der Waals surface area contributed by atoms with Crippen molar-refractivity contribution in [2.75, 3.05) is 0 Å². The number of hydrogen-bond donors (Lipinski definition) is 0. The standard InChI is InChI=1S/C17H16N2O5S/c20-16(24-12-3-1-11(2-4-12)19(21)22)23-10-15-18-13-5-6-17(7-8-17)9-14(13)25-15/h1-4H,5-10H2. The number of carbonyl (C=O) groups is 1. The van der Waals surface area contributed by atoms with Crippen LogP contribution in [0.5, 0.6) is 5.75 Å². The Morgan fingerprint density at radius 2 is 2.04 bits per heavy atom. The van der Waals surface area contributed by atoms with Crippen LogP contribution in [0.4, 0.5) is 10.5 Å². The third-order valence-corrected chi connectivity index (χ3v) is 5.84. The molecule has 1 aromatic heterocycles. The highest BCUT2D eigenvalue weighted by Crippen LogP contribution is 2.55. The van der Waals surface area contributed by atoms with Crippen molar-refractivity contribution in [3.05, 3.63) is 50.0 Å². The van der Waals surface area contributed by atoms with Crippen molar-refractivity contribution in [3.8, 4) is 5.75 Å². The number of ether oxygens (including phenoxy) is 2. The van der Waals surface area contributed by atoms with Crippen LogP contribution in [0.15, 0.2) is 24.3 Å². The van der Waals surface area contributed by atoms with Gasteiger partial charge in [0.1, 0.15) is 17.4 Å². The Kier molecular flexibility index (Phi) is 3.91. The molecule has 0 saturated heterocycles. The Labute approximate surface area is 147 Å². The molecule has 0 radical (unpaired) electrons. The number of rotatable bonds is 4. The maximum absolute atomic E-state index is 11.8. The van der Waals surface area contributed by atoms with Crippen LogP contribution in [-0.4, -0.2) is 16.1 Å². The molecule has 2 aromatic rings. The van der Waals surface area contributed by atoms with Crippen molar-refractivity contribution in [2.24, 2.45) is 5.41 Å². The first kappa shape index (κ1) is 16.0. The molecule has 1 heterocycles. The van der Waals surface area contributed by atoms with Crippen LogP contribution in [-0.2, 0) is 24.2 Å². The zero-order chi connectivity index (χ0) is 17.4. The maximum Gasteiger partial charge on any atom is 0.514 e. The number of non-ortho nitro benzene ring substituents is 1. The first-order valence-electron chi connectivity index (χ1n) is 8.10. The predicted molar refractivity (Wildman–Crippen MR) is 89.7 cm³/mol. The van der Waals surface area contributed by atoms with Gasteiger partial charge in [-0.2, -0.15) is 0 Å². The molecule has 0 N–H and O–H groups in total. The third-order valence-electron chi connectivity index (χ3n) is 4.77. The summed E-state index contributed by atoms with van der Waals surface area (Å²) >= 11 is 1.61. The highest BCUT2D eigenvalue weighted by atomic mass is 32.1. The number of hydrogen-bond acceptors (Lipinski definition) is 7. The topological polar surface area (TPSA) is 91.6 Å². The van der Waals surface area contributed by atoms with Gasteiger partial charge in [-0.25, -0.2) is 9.78 Å². The fraction of sp³-hybridized carbons (Fsp3) is 0.412. The molecule has 1 spiro atoms. The van der Waals surface area contributed by atoms with E-state index in [-0.39, 0.29) is 18.0 Å². The van der Waals surface area contributed by atoms with Crippen molar-refractivity contribution in [3.63, 3.8) is 0 Å². The van der Waals surface area contributed by atoms with Crippen molar-refractivity contribution >= 4 is 23.2 Å². The first-order valence-corrected chi connectivity index (χ1v) is 8.91. The SMILES string of the molecule is O=C(OCc1nc2c(s1)CC1(CC2)CC1)Oc1ccc([N+](=O)[O-])cc1. The summed E-state index contributed by atoms with van der Waals surface area (Å²) in [6.07, 6.45) is 5.12. The van der Waals surface area contributed by atoms with Gasteiger partial charge in [0.05, 0.1) is 10.6 Å². The molecule has 0 atom stereocenters. The second-order valence-corrected chi connectivity index (χ2v) is 7.71. The van der Waals surface area contributed by atoms with E-state index in [1.165, 1.54) is 48.4 Å². The van der Waals surface area contributed by atoms with E-state index in [0.29, 0.717) is 5.41 Å². The molecule has 4 rings (SSSR count). The summed E-state index contributed by atoms with van der Waals surface area (Å²) in [4.78, 5) is 27.7. The molecule has 1 fully saturated rings. The number of carbonyl (C=O) groups excluding carboxylic acids is 1. The van der Waals surface area contributed by atoms with Crippen LogP contribution < -0.4 is 4.74 Å². The summed E-state index contributed by atoms with van der Waals surface area (Å²) in [6.45, 7) is 0.0798. The number of nitrogens with zero attached hydrogens (tertiary/aromatic N) is 2. The van der Waals surface area contributed by atoms with Gasteiger partial charge >= 0.3 is 6.16 Å². The van der Waals surface area contributed by atoms with E-state index in [1.54, 1.807) is 11.3 Å². The smallest absolute Gasteiger partial charge is 0.427 e. The van der Waals surface area contributed by atoms with Crippen LogP contribution in [0.25, 0.3) is 0 Å². The summed E-state index contributed by atoms with van der Waals surface area (Å²) < 4.78 is 10.1. The molecule has 1 aromatic carbocycles. The lowest BCUT2D eigenvalue weighted by Gasteiger charge is -2.19. The Bertz CT molecular complexity index is 826. The Hall–Kier alpha value is -2.48. The lowest BCUT2D eigenvalue weighted by Crippen LogP contribution is -2.13. The van der Waals surface area contributed by atoms with Gasteiger partial charge in [-0.3, -0.25) is 10.1 Å². The maximum atomic E-state index is 11.8. The molecule has 2 aliphatic rings. The van der Waals surface area contributed by atoms with Gasteiger partial charge in [0, 0.05) is 17.0 Å².